The lowest BCUT2D eigenvalue weighted by molar-refractivity contribution is 0.0942. The molecule has 0 aliphatic heterocycles. The summed E-state index contributed by atoms with van der Waals surface area (Å²) in [5.74, 6) is 0.586. The summed E-state index contributed by atoms with van der Waals surface area (Å²) in [7, 11) is 0. The molecule has 0 fully saturated rings. The molecule has 1 amide bonds. The van der Waals surface area contributed by atoms with Crippen LogP contribution in [0.5, 0.6) is 5.75 Å². The Balaban J connectivity index is 1.71. The van der Waals surface area contributed by atoms with Crippen molar-refractivity contribution in [1.82, 2.24) is 14.9 Å². The zero-order valence-corrected chi connectivity index (χ0v) is 17.5. The minimum absolute atomic E-state index is 0.149. The topological polar surface area (TPSA) is 56.1 Å². The first-order valence-electron chi connectivity index (χ1n) is 10.3. The number of nitrogens with zero attached hydrogens (tertiary/aromatic N) is 2. The Morgan fingerprint density at radius 2 is 1.97 bits per heavy atom. The molecule has 0 saturated carbocycles. The predicted molar refractivity (Wildman–Crippen MR) is 123 cm³/mol. The Labute approximate surface area is 182 Å². The Hall–Kier alpha value is -3.86. The first-order valence-corrected chi connectivity index (χ1v) is 10.3. The molecule has 0 atom stereocenters. The van der Waals surface area contributed by atoms with Crippen LogP contribution in [0.25, 0.3) is 10.9 Å². The summed E-state index contributed by atoms with van der Waals surface area (Å²) < 4.78 is 7.87. The number of aromatic nitrogens is 2. The van der Waals surface area contributed by atoms with Crippen LogP contribution in [0.2, 0.25) is 0 Å². The van der Waals surface area contributed by atoms with Crippen molar-refractivity contribution < 1.29 is 9.53 Å². The van der Waals surface area contributed by atoms with E-state index in [1.165, 1.54) is 5.56 Å². The van der Waals surface area contributed by atoms with E-state index in [0.717, 1.165) is 27.9 Å². The lowest BCUT2D eigenvalue weighted by Gasteiger charge is -2.12. The van der Waals surface area contributed by atoms with E-state index >= 15 is 0 Å². The molecule has 0 unspecified atom stereocenters. The minimum atomic E-state index is -0.149. The fourth-order valence-corrected chi connectivity index (χ4v) is 3.53. The fraction of sp³-hybridized carbons (Fsp3) is 0.154. The van der Waals surface area contributed by atoms with Gasteiger partial charge in [-0.2, -0.15) is 0 Å². The molecule has 0 spiro atoms. The smallest absolute Gasteiger partial charge is 0.268 e. The van der Waals surface area contributed by atoms with Gasteiger partial charge in [0.05, 0.1) is 17.8 Å². The maximum absolute atomic E-state index is 13.2. The largest absolute Gasteiger partial charge is 0.489 e. The highest BCUT2D eigenvalue weighted by Crippen LogP contribution is 2.30. The van der Waals surface area contributed by atoms with Gasteiger partial charge in [-0.25, -0.2) is 0 Å². The maximum atomic E-state index is 13.2. The quantitative estimate of drug-likeness (QED) is 0.420. The van der Waals surface area contributed by atoms with Crippen LogP contribution >= 0.6 is 0 Å². The molecule has 0 aliphatic rings. The number of hydrogen-bond acceptors (Lipinski definition) is 3. The number of carbonyl (C=O) groups is 1. The van der Waals surface area contributed by atoms with Crippen LogP contribution in [-0.4, -0.2) is 22.1 Å². The molecular formula is C26H25N3O2. The standard InChI is InChI=1S/C26H25N3O2/c1-3-15-31-25-9-6-8-23-22(25)16-24(26(30)28-17-21-7-4-5-14-27-21)29(23)18-20-12-10-19(2)11-13-20/h3-14,16H,1,15,17-18H2,2H3,(H,28,30). The number of amides is 1. The van der Waals surface area contributed by atoms with Gasteiger partial charge in [-0.05, 0) is 42.8 Å². The third-order valence-electron chi connectivity index (χ3n) is 5.11. The van der Waals surface area contributed by atoms with E-state index in [-0.39, 0.29) is 5.91 Å². The van der Waals surface area contributed by atoms with Crippen molar-refractivity contribution in [1.29, 1.82) is 0 Å². The number of nitrogens with one attached hydrogen (secondary N) is 1. The second-order valence-corrected chi connectivity index (χ2v) is 7.39. The summed E-state index contributed by atoms with van der Waals surface area (Å²) in [5.41, 5.74) is 4.67. The average Bonchev–Trinajstić information content (AvgIpc) is 3.17. The highest BCUT2D eigenvalue weighted by Gasteiger charge is 2.18. The number of benzene rings is 2. The monoisotopic (exact) mass is 411 g/mol. The first kappa shape index (κ1) is 20.4. The zero-order valence-electron chi connectivity index (χ0n) is 17.5. The van der Waals surface area contributed by atoms with E-state index < -0.39 is 0 Å². The van der Waals surface area contributed by atoms with Crippen molar-refractivity contribution in [2.45, 2.75) is 20.0 Å². The molecule has 2 aromatic carbocycles. The summed E-state index contributed by atoms with van der Waals surface area (Å²) in [6, 6.07) is 21.8. The molecular weight excluding hydrogens is 386 g/mol. The third-order valence-corrected chi connectivity index (χ3v) is 5.11. The predicted octanol–water partition coefficient (Wildman–Crippen LogP) is 4.89. The van der Waals surface area contributed by atoms with E-state index in [0.29, 0.717) is 25.4 Å². The molecule has 5 heteroatoms. The van der Waals surface area contributed by atoms with E-state index in [1.807, 2.05) is 47.0 Å². The molecule has 0 saturated heterocycles. The molecule has 31 heavy (non-hydrogen) atoms. The van der Waals surface area contributed by atoms with Gasteiger partial charge in [0.1, 0.15) is 18.1 Å². The minimum Gasteiger partial charge on any atom is -0.489 e. The van der Waals surface area contributed by atoms with Crippen LogP contribution in [0.3, 0.4) is 0 Å². The van der Waals surface area contributed by atoms with Gasteiger partial charge in [-0.3, -0.25) is 9.78 Å². The number of hydrogen-bond donors (Lipinski definition) is 1. The number of rotatable bonds is 8. The number of fused-ring (bicyclic) bond motifs is 1. The maximum Gasteiger partial charge on any atom is 0.268 e. The summed E-state index contributed by atoms with van der Waals surface area (Å²) in [5, 5.41) is 3.90. The number of carbonyl (C=O) groups excluding carboxylic acids is 1. The van der Waals surface area contributed by atoms with E-state index in [9.17, 15) is 4.79 Å². The molecule has 5 nitrogen and oxygen atoms in total. The third kappa shape index (κ3) is 4.67. The van der Waals surface area contributed by atoms with Gasteiger partial charge >= 0.3 is 0 Å². The SMILES string of the molecule is C=CCOc1cccc2c1cc(C(=O)NCc1ccccn1)n2Cc1ccc(C)cc1. The van der Waals surface area contributed by atoms with Gasteiger partial charge in [0.2, 0.25) is 0 Å². The Morgan fingerprint density at radius 1 is 1.13 bits per heavy atom. The number of ether oxygens (including phenoxy) is 1. The molecule has 0 bridgehead atoms. The van der Waals surface area contributed by atoms with Crippen LogP contribution in [0, 0.1) is 6.92 Å². The average molecular weight is 412 g/mol. The normalized spacial score (nSPS) is 10.7. The van der Waals surface area contributed by atoms with Crippen molar-refractivity contribution in [2.24, 2.45) is 0 Å². The number of aryl methyl sites for hydroxylation is 1. The van der Waals surface area contributed by atoms with Gasteiger partial charge in [-0.1, -0.05) is 54.6 Å². The van der Waals surface area contributed by atoms with Crippen LogP contribution in [0.1, 0.15) is 27.3 Å². The fourth-order valence-electron chi connectivity index (χ4n) is 3.53. The van der Waals surface area contributed by atoms with Gasteiger partial charge in [0, 0.05) is 18.1 Å². The van der Waals surface area contributed by atoms with Crippen molar-refractivity contribution in [2.75, 3.05) is 6.61 Å². The van der Waals surface area contributed by atoms with Crippen molar-refractivity contribution >= 4 is 16.8 Å². The lowest BCUT2D eigenvalue weighted by atomic mass is 10.1. The molecule has 4 aromatic rings. The highest BCUT2D eigenvalue weighted by atomic mass is 16.5. The van der Waals surface area contributed by atoms with E-state index in [2.05, 4.69) is 48.1 Å². The summed E-state index contributed by atoms with van der Waals surface area (Å²) in [4.78, 5) is 17.4. The zero-order chi connectivity index (χ0) is 21.6. The van der Waals surface area contributed by atoms with E-state index in [1.54, 1.807) is 12.3 Å². The van der Waals surface area contributed by atoms with Crippen LogP contribution in [0.15, 0.2) is 85.6 Å². The molecule has 2 heterocycles. The second kappa shape index (κ2) is 9.30. The molecule has 4 rings (SSSR count). The molecule has 0 aliphatic carbocycles. The first-order chi connectivity index (χ1) is 15.2. The Kier molecular flexibility index (Phi) is 6.13. The Morgan fingerprint density at radius 3 is 2.71 bits per heavy atom. The van der Waals surface area contributed by atoms with Crippen molar-refractivity contribution in [3.05, 3.63) is 108 Å². The van der Waals surface area contributed by atoms with Crippen LogP contribution in [0.4, 0.5) is 0 Å². The molecule has 1 N–H and O–H groups in total. The highest BCUT2D eigenvalue weighted by molar-refractivity contribution is 6.00. The van der Waals surface area contributed by atoms with Gasteiger partial charge < -0.3 is 14.6 Å². The van der Waals surface area contributed by atoms with Gasteiger partial charge in [-0.15, -0.1) is 0 Å². The van der Waals surface area contributed by atoms with E-state index in [4.69, 9.17) is 4.74 Å². The number of pyridine rings is 1. The van der Waals surface area contributed by atoms with Gasteiger partial charge in [0.15, 0.2) is 0 Å². The van der Waals surface area contributed by atoms with Crippen molar-refractivity contribution in [3.63, 3.8) is 0 Å². The van der Waals surface area contributed by atoms with Crippen LogP contribution in [-0.2, 0) is 13.1 Å². The molecule has 0 radical (unpaired) electrons. The summed E-state index contributed by atoms with van der Waals surface area (Å²) in [6.45, 7) is 7.14. The molecule has 156 valence electrons. The van der Waals surface area contributed by atoms with Gasteiger partial charge in [0.25, 0.3) is 5.91 Å². The summed E-state index contributed by atoms with van der Waals surface area (Å²) in [6.07, 6.45) is 3.43. The molecule has 2 aromatic heterocycles. The van der Waals surface area contributed by atoms with Crippen LogP contribution < -0.4 is 10.1 Å². The Bertz CT molecular complexity index is 1190. The van der Waals surface area contributed by atoms with Crippen molar-refractivity contribution in [3.8, 4) is 5.75 Å². The summed E-state index contributed by atoms with van der Waals surface area (Å²) >= 11 is 0. The second-order valence-electron chi connectivity index (χ2n) is 7.39. The lowest BCUT2D eigenvalue weighted by Crippen LogP contribution is -2.26.